The van der Waals surface area contributed by atoms with Gasteiger partial charge in [0.1, 0.15) is 0 Å². The maximum absolute atomic E-state index is 12.4. The molecule has 1 aromatic carbocycles. The third-order valence-corrected chi connectivity index (χ3v) is 3.93. The molecule has 0 saturated heterocycles. The molecule has 0 aliphatic rings. The average molecular weight is 284 g/mol. The highest BCUT2D eigenvalue weighted by atomic mass is 16.1. The molecule has 0 radical (unpaired) electrons. The summed E-state index contributed by atoms with van der Waals surface area (Å²) in [6, 6.07) is 10.3. The van der Waals surface area contributed by atoms with Crippen LogP contribution in [0.1, 0.15) is 30.0 Å². The van der Waals surface area contributed by atoms with Crippen LogP contribution in [0, 0.1) is 13.8 Å². The van der Waals surface area contributed by atoms with Gasteiger partial charge in [0.25, 0.3) is 5.56 Å². The van der Waals surface area contributed by atoms with Crippen LogP contribution < -0.4 is 10.9 Å². The number of nitrogens with one attached hydrogen (secondary N) is 1. The fraction of sp³-hybridized carbons (Fsp3) is 0.389. The van der Waals surface area contributed by atoms with Gasteiger partial charge in [-0.25, -0.2) is 0 Å². The van der Waals surface area contributed by atoms with Gasteiger partial charge in [-0.05, 0) is 55.6 Å². The molecule has 0 spiro atoms. The Bertz CT molecular complexity index is 686. The molecule has 0 unspecified atom stereocenters. The largest absolute Gasteiger partial charge is 0.312 e. The van der Waals surface area contributed by atoms with Crippen molar-refractivity contribution in [2.45, 2.75) is 33.7 Å². The smallest absolute Gasteiger partial charge is 0.255 e. The number of aryl methyl sites for hydroxylation is 2. The van der Waals surface area contributed by atoms with Gasteiger partial charge in [0, 0.05) is 19.2 Å². The van der Waals surface area contributed by atoms with Crippen molar-refractivity contribution in [3.63, 3.8) is 0 Å². The zero-order valence-electron chi connectivity index (χ0n) is 13.4. The van der Waals surface area contributed by atoms with Crippen LogP contribution >= 0.6 is 0 Å². The molecule has 21 heavy (non-hydrogen) atoms. The van der Waals surface area contributed by atoms with Crippen LogP contribution in [-0.2, 0) is 13.6 Å². The van der Waals surface area contributed by atoms with Gasteiger partial charge in [0.2, 0.25) is 0 Å². The SMILES string of the molecule is CCCNCc1ccc(-c2ccc(C)c(C)c2)n(C)c1=O. The molecule has 0 fully saturated rings. The molecule has 112 valence electrons. The summed E-state index contributed by atoms with van der Waals surface area (Å²) >= 11 is 0. The van der Waals surface area contributed by atoms with E-state index >= 15 is 0 Å². The van der Waals surface area contributed by atoms with Gasteiger partial charge in [0.05, 0.1) is 5.69 Å². The van der Waals surface area contributed by atoms with Crippen LogP contribution in [-0.4, -0.2) is 11.1 Å². The normalized spacial score (nSPS) is 10.9. The standard InChI is InChI=1S/C18H24N2O/c1-5-10-19-12-16-8-9-17(20(4)18(16)21)15-7-6-13(2)14(3)11-15/h6-9,11,19H,5,10,12H2,1-4H3. The van der Waals surface area contributed by atoms with E-state index in [2.05, 4.69) is 44.3 Å². The van der Waals surface area contributed by atoms with Crippen LogP contribution in [0.25, 0.3) is 11.3 Å². The average Bonchev–Trinajstić information content (AvgIpc) is 2.47. The second-order valence-electron chi connectivity index (χ2n) is 5.58. The van der Waals surface area contributed by atoms with Crippen LogP contribution in [0.3, 0.4) is 0 Å². The van der Waals surface area contributed by atoms with E-state index in [1.54, 1.807) is 4.57 Å². The van der Waals surface area contributed by atoms with Crippen molar-refractivity contribution in [3.8, 4) is 11.3 Å². The summed E-state index contributed by atoms with van der Waals surface area (Å²) in [6.45, 7) is 7.88. The lowest BCUT2D eigenvalue weighted by Crippen LogP contribution is -2.26. The molecule has 0 bridgehead atoms. The van der Waals surface area contributed by atoms with Gasteiger partial charge in [-0.15, -0.1) is 0 Å². The minimum Gasteiger partial charge on any atom is -0.312 e. The number of aromatic nitrogens is 1. The van der Waals surface area contributed by atoms with E-state index in [0.29, 0.717) is 6.54 Å². The molecule has 2 rings (SSSR count). The fourth-order valence-corrected chi connectivity index (χ4v) is 2.41. The van der Waals surface area contributed by atoms with Crippen molar-refractivity contribution < 1.29 is 0 Å². The Morgan fingerprint density at radius 3 is 2.52 bits per heavy atom. The number of rotatable bonds is 5. The summed E-state index contributed by atoms with van der Waals surface area (Å²) in [6.07, 6.45) is 1.07. The lowest BCUT2D eigenvalue weighted by molar-refractivity contribution is 0.664. The Hall–Kier alpha value is -1.87. The van der Waals surface area contributed by atoms with E-state index in [9.17, 15) is 4.79 Å². The van der Waals surface area contributed by atoms with E-state index in [-0.39, 0.29) is 5.56 Å². The van der Waals surface area contributed by atoms with Crippen LogP contribution in [0.5, 0.6) is 0 Å². The molecule has 2 aromatic rings. The summed E-state index contributed by atoms with van der Waals surface area (Å²) < 4.78 is 1.74. The Kier molecular flexibility index (Phi) is 4.97. The van der Waals surface area contributed by atoms with E-state index < -0.39 is 0 Å². The summed E-state index contributed by atoms with van der Waals surface area (Å²) in [5.74, 6) is 0. The second-order valence-corrected chi connectivity index (χ2v) is 5.58. The molecule has 3 nitrogen and oxygen atoms in total. The Balaban J connectivity index is 2.36. The van der Waals surface area contributed by atoms with E-state index in [1.165, 1.54) is 11.1 Å². The molecule has 1 heterocycles. The van der Waals surface area contributed by atoms with Gasteiger partial charge < -0.3 is 9.88 Å². The quantitative estimate of drug-likeness (QED) is 0.856. The minimum absolute atomic E-state index is 0.0781. The van der Waals surface area contributed by atoms with Crippen molar-refractivity contribution in [3.05, 3.63) is 57.4 Å². The predicted octanol–water partition coefficient (Wildman–Crippen LogP) is 3.17. The number of pyridine rings is 1. The summed E-state index contributed by atoms with van der Waals surface area (Å²) in [5.41, 5.74) is 5.46. The molecule has 0 amide bonds. The molecule has 0 saturated carbocycles. The Labute approximate surface area is 126 Å². The molecule has 0 aliphatic carbocycles. The van der Waals surface area contributed by atoms with E-state index in [0.717, 1.165) is 29.8 Å². The topological polar surface area (TPSA) is 34.0 Å². The first-order valence-corrected chi connectivity index (χ1v) is 7.52. The number of hydrogen-bond donors (Lipinski definition) is 1. The van der Waals surface area contributed by atoms with Crippen molar-refractivity contribution in [1.29, 1.82) is 0 Å². The maximum Gasteiger partial charge on any atom is 0.255 e. The van der Waals surface area contributed by atoms with Gasteiger partial charge >= 0.3 is 0 Å². The fourth-order valence-electron chi connectivity index (χ4n) is 2.41. The van der Waals surface area contributed by atoms with Gasteiger partial charge in [-0.2, -0.15) is 0 Å². The summed E-state index contributed by atoms with van der Waals surface area (Å²) in [7, 11) is 1.84. The first-order chi connectivity index (χ1) is 10.0. The highest BCUT2D eigenvalue weighted by Crippen LogP contribution is 2.20. The molecule has 0 aliphatic heterocycles. The molecule has 3 heteroatoms. The number of benzene rings is 1. The molecular weight excluding hydrogens is 260 g/mol. The second kappa shape index (κ2) is 6.72. The monoisotopic (exact) mass is 284 g/mol. The van der Waals surface area contributed by atoms with Crippen molar-refractivity contribution >= 4 is 0 Å². The van der Waals surface area contributed by atoms with Gasteiger partial charge in [0.15, 0.2) is 0 Å². The number of nitrogens with zero attached hydrogens (tertiary/aromatic N) is 1. The van der Waals surface area contributed by atoms with Crippen molar-refractivity contribution in [1.82, 2.24) is 9.88 Å². The third-order valence-electron chi connectivity index (χ3n) is 3.93. The highest BCUT2D eigenvalue weighted by molar-refractivity contribution is 5.61. The van der Waals surface area contributed by atoms with Crippen LogP contribution in [0.4, 0.5) is 0 Å². The molecule has 1 N–H and O–H groups in total. The zero-order chi connectivity index (χ0) is 15.4. The Morgan fingerprint density at radius 1 is 1.10 bits per heavy atom. The van der Waals surface area contributed by atoms with Crippen LogP contribution in [0.2, 0.25) is 0 Å². The zero-order valence-corrected chi connectivity index (χ0v) is 13.4. The Morgan fingerprint density at radius 2 is 1.86 bits per heavy atom. The molecule has 0 atom stereocenters. The predicted molar refractivity (Wildman–Crippen MR) is 88.6 cm³/mol. The molecule has 1 aromatic heterocycles. The molecular formula is C18H24N2O. The summed E-state index contributed by atoms with van der Waals surface area (Å²) in [5, 5.41) is 3.28. The van der Waals surface area contributed by atoms with Gasteiger partial charge in [-0.1, -0.05) is 25.1 Å². The van der Waals surface area contributed by atoms with Crippen molar-refractivity contribution in [2.75, 3.05) is 6.54 Å². The minimum atomic E-state index is 0.0781. The van der Waals surface area contributed by atoms with Crippen molar-refractivity contribution in [2.24, 2.45) is 7.05 Å². The first-order valence-electron chi connectivity index (χ1n) is 7.52. The van der Waals surface area contributed by atoms with Gasteiger partial charge in [-0.3, -0.25) is 4.79 Å². The first kappa shape index (κ1) is 15.5. The van der Waals surface area contributed by atoms with Crippen LogP contribution in [0.15, 0.2) is 35.1 Å². The third kappa shape index (κ3) is 3.42. The highest BCUT2D eigenvalue weighted by Gasteiger charge is 2.08. The summed E-state index contributed by atoms with van der Waals surface area (Å²) in [4.78, 5) is 12.4. The lowest BCUT2D eigenvalue weighted by Gasteiger charge is -2.12. The number of hydrogen-bond acceptors (Lipinski definition) is 2. The van der Waals surface area contributed by atoms with E-state index in [1.807, 2.05) is 19.2 Å². The maximum atomic E-state index is 12.4. The van der Waals surface area contributed by atoms with E-state index in [4.69, 9.17) is 0 Å². The lowest BCUT2D eigenvalue weighted by atomic mass is 10.0.